The molecule has 7 heteroatoms. The molecule has 1 spiro atoms. The summed E-state index contributed by atoms with van der Waals surface area (Å²) in [5, 5.41) is 5.65. The monoisotopic (exact) mass is 400 g/mol. The van der Waals surface area contributed by atoms with Crippen LogP contribution in [0.2, 0.25) is 0 Å². The number of likely N-dealkylation sites (tertiary alicyclic amines) is 1. The van der Waals surface area contributed by atoms with Crippen molar-refractivity contribution >= 4 is 22.2 Å². The van der Waals surface area contributed by atoms with Crippen molar-refractivity contribution in [2.45, 2.75) is 6.92 Å². The maximum absolute atomic E-state index is 5.54. The number of nitrogens with zero attached hydrogens (tertiary/aromatic N) is 6. The van der Waals surface area contributed by atoms with Gasteiger partial charge in [-0.3, -0.25) is 4.98 Å². The third-order valence-electron chi connectivity index (χ3n) is 6.52. The lowest BCUT2D eigenvalue weighted by molar-refractivity contribution is -0.00246. The van der Waals surface area contributed by atoms with Gasteiger partial charge in [0.15, 0.2) is 5.65 Å². The summed E-state index contributed by atoms with van der Waals surface area (Å²) in [5.41, 5.74) is 6.56. The van der Waals surface area contributed by atoms with E-state index in [0.29, 0.717) is 5.41 Å². The van der Waals surface area contributed by atoms with Crippen LogP contribution in [0.1, 0.15) is 5.56 Å². The van der Waals surface area contributed by atoms with E-state index in [9.17, 15) is 0 Å². The molecule has 4 aromatic rings. The number of rotatable bonds is 3. The van der Waals surface area contributed by atoms with E-state index in [4.69, 9.17) is 9.72 Å². The molecule has 0 N–H and O–H groups in total. The van der Waals surface area contributed by atoms with Gasteiger partial charge in [0.2, 0.25) is 0 Å². The summed E-state index contributed by atoms with van der Waals surface area (Å²) in [6.45, 7) is 6.64. The molecular formula is C23H24N6O. The largest absolute Gasteiger partial charge is 0.496 e. The van der Waals surface area contributed by atoms with Crippen LogP contribution < -0.4 is 9.64 Å². The molecule has 2 saturated heterocycles. The fourth-order valence-electron chi connectivity index (χ4n) is 5.20. The molecule has 30 heavy (non-hydrogen) atoms. The van der Waals surface area contributed by atoms with Gasteiger partial charge in [-0.1, -0.05) is 0 Å². The van der Waals surface area contributed by atoms with Crippen LogP contribution in [0.4, 0.5) is 5.69 Å². The fourth-order valence-corrected chi connectivity index (χ4v) is 5.20. The molecular weight excluding hydrogens is 376 g/mol. The minimum Gasteiger partial charge on any atom is -0.496 e. The molecule has 7 nitrogen and oxygen atoms in total. The van der Waals surface area contributed by atoms with E-state index in [1.54, 1.807) is 7.11 Å². The summed E-state index contributed by atoms with van der Waals surface area (Å²) < 4.78 is 7.43. The first kappa shape index (κ1) is 17.7. The minimum atomic E-state index is 0.492. The van der Waals surface area contributed by atoms with Gasteiger partial charge in [0.25, 0.3) is 0 Å². The third kappa shape index (κ3) is 2.51. The maximum atomic E-state index is 5.54. The highest BCUT2D eigenvalue weighted by Gasteiger charge is 2.50. The predicted molar refractivity (Wildman–Crippen MR) is 117 cm³/mol. The lowest BCUT2D eigenvalue weighted by atomic mass is 9.73. The summed E-state index contributed by atoms with van der Waals surface area (Å²) in [6, 6.07) is 6.14. The molecule has 0 radical (unpaired) electrons. The predicted octanol–water partition coefficient (Wildman–Crippen LogP) is 3.01. The molecule has 0 aliphatic carbocycles. The molecule has 0 saturated carbocycles. The number of pyridine rings is 1. The van der Waals surface area contributed by atoms with E-state index >= 15 is 0 Å². The number of benzene rings is 1. The normalized spacial score (nSPS) is 18.0. The Morgan fingerprint density at radius 1 is 1.03 bits per heavy atom. The van der Waals surface area contributed by atoms with Crippen molar-refractivity contribution < 1.29 is 4.74 Å². The molecule has 0 amide bonds. The van der Waals surface area contributed by atoms with Crippen LogP contribution in [-0.2, 0) is 0 Å². The lowest BCUT2D eigenvalue weighted by Gasteiger charge is -2.60. The van der Waals surface area contributed by atoms with Crippen LogP contribution >= 0.6 is 0 Å². The molecule has 5 heterocycles. The van der Waals surface area contributed by atoms with Crippen molar-refractivity contribution in [2.24, 2.45) is 5.41 Å². The van der Waals surface area contributed by atoms with E-state index in [1.165, 1.54) is 13.1 Å². The van der Waals surface area contributed by atoms with Crippen LogP contribution in [-0.4, -0.2) is 64.8 Å². The van der Waals surface area contributed by atoms with Gasteiger partial charge in [0.05, 0.1) is 36.9 Å². The Kier molecular flexibility index (Phi) is 3.62. The van der Waals surface area contributed by atoms with Crippen molar-refractivity contribution in [3.63, 3.8) is 0 Å². The van der Waals surface area contributed by atoms with Crippen LogP contribution in [0.3, 0.4) is 0 Å². The Balaban J connectivity index is 1.38. The maximum Gasteiger partial charge on any atom is 0.162 e. The molecule has 6 rings (SSSR count). The zero-order chi connectivity index (χ0) is 20.5. The lowest BCUT2D eigenvalue weighted by Crippen LogP contribution is -2.71. The first-order valence-corrected chi connectivity index (χ1v) is 10.3. The molecule has 3 aromatic heterocycles. The number of hydrogen-bond acceptors (Lipinski definition) is 6. The van der Waals surface area contributed by atoms with E-state index in [-0.39, 0.29) is 0 Å². The van der Waals surface area contributed by atoms with Gasteiger partial charge < -0.3 is 14.5 Å². The van der Waals surface area contributed by atoms with Gasteiger partial charge in [0, 0.05) is 48.7 Å². The molecule has 0 atom stereocenters. The van der Waals surface area contributed by atoms with E-state index < -0.39 is 0 Å². The Bertz CT molecular complexity index is 1280. The van der Waals surface area contributed by atoms with E-state index in [0.717, 1.165) is 57.8 Å². The van der Waals surface area contributed by atoms with Gasteiger partial charge >= 0.3 is 0 Å². The molecule has 0 unspecified atom stereocenters. The van der Waals surface area contributed by atoms with Crippen LogP contribution in [0.15, 0.2) is 43.0 Å². The number of ether oxygens (including phenoxy) is 1. The van der Waals surface area contributed by atoms with Crippen molar-refractivity contribution in [2.75, 3.05) is 45.2 Å². The smallest absolute Gasteiger partial charge is 0.162 e. The Hall–Kier alpha value is -3.19. The number of hydrogen-bond donors (Lipinski definition) is 0. The Morgan fingerprint density at radius 3 is 2.63 bits per heavy atom. The summed E-state index contributed by atoms with van der Waals surface area (Å²) in [4.78, 5) is 14.1. The highest BCUT2D eigenvalue weighted by atomic mass is 16.5. The Morgan fingerprint density at radius 2 is 1.87 bits per heavy atom. The highest BCUT2D eigenvalue weighted by molar-refractivity contribution is 5.98. The molecule has 2 fully saturated rings. The van der Waals surface area contributed by atoms with Gasteiger partial charge in [-0.2, -0.15) is 5.10 Å². The molecule has 152 valence electrons. The average molecular weight is 400 g/mol. The molecule has 2 aliphatic rings. The summed E-state index contributed by atoms with van der Waals surface area (Å²) in [6.07, 6.45) is 7.81. The number of anilines is 1. The Labute approximate surface area is 174 Å². The van der Waals surface area contributed by atoms with Crippen molar-refractivity contribution in [1.82, 2.24) is 24.5 Å². The second-order valence-electron chi connectivity index (χ2n) is 8.86. The van der Waals surface area contributed by atoms with Crippen LogP contribution in [0.5, 0.6) is 5.75 Å². The second-order valence-corrected chi connectivity index (χ2v) is 8.86. The van der Waals surface area contributed by atoms with E-state index in [2.05, 4.69) is 45.3 Å². The number of fused-ring (bicyclic) bond motifs is 2. The SMILES string of the molecule is COc1cc2c(-c3cnn4cc(N5CC6(CN(C)C6)C5)cnc34)ccnc2cc1C. The molecule has 0 bridgehead atoms. The summed E-state index contributed by atoms with van der Waals surface area (Å²) >= 11 is 0. The number of aryl methyl sites for hydroxylation is 1. The quantitative estimate of drug-likeness (QED) is 0.527. The average Bonchev–Trinajstić information content (AvgIpc) is 3.11. The summed E-state index contributed by atoms with van der Waals surface area (Å²) in [7, 11) is 3.89. The number of methoxy groups -OCH3 is 1. The highest BCUT2D eigenvalue weighted by Crippen LogP contribution is 2.41. The fraction of sp³-hybridized carbons (Fsp3) is 0.348. The second kappa shape index (κ2) is 6.15. The molecule has 2 aliphatic heterocycles. The minimum absolute atomic E-state index is 0.492. The summed E-state index contributed by atoms with van der Waals surface area (Å²) in [5.74, 6) is 0.858. The van der Waals surface area contributed by atoms with E-state index in [1.807, 2.05) is 36.1 Å². The first-order chi connectivity index (χ1) is 14.5. The molecule has 1 aromatic carbocycles. The van der Waals surface area contributed by atoms with Gasteiger partial charge in [0.1, 0.15) is 5.75 Å². The van der Waals surface area contributed by atoms with Gasteiger partial charge in [-0.05, 0) is 43.3 Å². The van der Waals surface area contributed by atoms with Crippen molar-refractivity contribution in [3.8, 4) is 16.9 Å². The zero-order valence-electron chi connectivity index (χ0n) is 17.5. The van der Waals surface area contributed by atoms with Crippen LogP contribution in [0, 0.1) is 12.3 Å². The van der Waals surface area contributed by atoms with Crippen molar-refractivity contribution in [1.29, 1.82) is 0 Å². The van der Waals surface area contributed by atoms with Gasteiger partial charge in [-0.15, -0.1) is 0 Å². The third-order valence-corrected chi connectivity index (χ3v) is 6.52. The topological polar surface area (TPSA) is 58.8 Å². The standard InChI is InChI=1S/C23H24N6O/c1-15-6-20-18(7-21(15)30-3)17(4-5-24-20)19-9-26-29-10-16(8-25-22(19)29)28-13-23(14-28)11-27(2)12-23/h4-10H,11-14H2,1-3H3. The van der Waals surface area contributed by atoms with Crippen molar-refractivity contribution in [3.05, 3.63) is 48.5 Å². The number of aromatic nitrogens is 4. The van der Waals surface area contributed by atoms with Crippen LogP contribution in [0.25, 0.3) is 27.7 Å². The zero-order valence-corrected chi connectivity index (χ0v) is 17.5. The first-order valence-electron chi connectivity index (χ1n) is 10.3. The van der Waals surface area contributed by atoms with Gasteiger partial charge in [-0.25, -0.2) is 9.50 Å².